The van der Waals surface area contributed by atoms with Gasteiger partial charge in [-0.25, -0.2) is 0 Å². The summed E-state index contributed by atoms with van der Waals surface area (Å²) in [5, 5.41) is 0.619. The van der Waals surface area contributed by atoms with Crippen LogP contribution in [0.3, 0.4) is 0 Å². The fraction of sp³-hybridized carbons (Fsp3) is 0.167. The number of hydrogen-bond acceptors (Lipinski definition) is 0. The van der Waals surface area contributed by atoms with E-state index in [0.717, 1.165) is 5.56 Å². The van der Waals surface area contributed by atoms with Crippen molar-refractivity contribution in [1.82, 2.24) is 0 Å². The van der Waals surface area contributed by atoms with E-state index < -0.39 is 7.71 Å². The maximum Gasteiger partial charge on any atom is 0.173 e. The summed E-state index contributed by atoms with van der Waals surface area (Å²) < 4.78 is 0.619. The summed E-state index contributed by atoms with van der Waals surface area (Å²) >= 11 is 17.5. The van der Waals surface area contributed by atoms with Gasteiger partial charge in [-0.05, 0) is 12.5 Å². The SMILES string of the molecule is Cc1cc[si](Cl)c(Cl)c1Cl. The van der Waals surface area contributed by atoms with Gasteiger partial charge in [-0.1, -0.05) is 34.9 Å². The standard InChI is InChI=1S/C6H5Cl3Si/c1-4-2-3-10(9)6(8)5(4)7/h2-3H,1H3. The molecule has 10 heavy (non-hydrogen) atoms. The third kappa shape index (κ3) is 1.53. The molecule has 4 heteroatoms. The summed E-state index contributed by atoms with van der Waals surface area (Å²) in [7, 11) is -1.17. The van der Waals surface area contributed by atoms with E-state index in [2.05, 4.69) is 0 Å². The first-order valence-electron chi connectivity index (χ1n) is 2.73. The molecule has 0 aromatic carbocycles. The highest BCUT2D eigenvalue weighted by Crippen LogP contribution is 2.24. The summed E-state index contributed by atoms with van der Waals surface area (Å²) in [6.07, 6.45) is 0. The Bertz CT molecular complexity index is 232. The summed E-state index contributed by atoms with van der Waals surface area (Å²) in [6, 6.07) is 1.91. The van der Waals surface area contributed by atoms with Crippen molar-refractivity contribution >= 4 is 42.0 Å². The van der Waals surface area contributed by atoms with Crippen LogP contribution in [0.25, 0.3) is 0 Å². The van der Waals surface area contributed by atoms with Gasteiger partial charge >= 0.3 is 0 Å². The third-order valence-corrected chi connectivity index (χ3v) is 5.13. The van der Waals surface area contributed by atoms with Crippen LogP contribution in [-0.4, -0.2) is 7.71 Å². The lowest BCUT2D eigenvalue weighted by atomic mass is 10.3. The molecule has 0 fully saturated rings. The summed E-state index contributed by atoms with van der Waals surface area (Å²) in [5.41, 5.74) is 2.90. The zero-order valence-electron chi connectivity index (χ0n) is 5.29. The molecule has 1 aromatic heterocycles. The summed E-state index contributed by atoms with van der Waals surface area (Å²) in [6.45, 7) is 1.91. The third-order valence-electron chi connectivity index (χ3n) is 1.23. The van der Waals surface area contributed by atoms with Crippen LogP contribution in [0.4, 0.5) is 0 Å². The molecule has 1 rings (SSSR count). The van der Waals surface area contributed by atoms with Crippen LogP contribution >= 0.6 is 34.3 Å². The van der Waals surface area contributed by atoms with Crippen molar-refractivity contribution in [3.8, 4) is 0 Å². The molecular formula is C6H5Cl3Si. The van der Waals surface area contributed by atoms with E-state index in [0.29, 0.717) is 9.66 Å². The van der Waals surface area contributed by atoms with Gasteiger partial charge in [0.05, 0.1) is 9.66 Å². The topological polar surface area (TPSA) is 0 Å². The lowest BCUT2D eigenvalue weighted by Crippen LogP contribution is -1.88. The average molecular weight is 212 g/mol. The molecule has 0 saturated heterocycles. The molecular weight excluding hydrogens is 207 g/mol. The van der Waals surface area contributed by atoms with Crippen molar-refractivity contribution in [1.29, 1.82) is 0 Å². The van der Waals surface area contributed by atoms with Crippen LogP contribution in [0.1, 0.15) is 5.56 Å². The van der Waals surface area contributed by atoms with Crippen molar-refractivity contribution < 1.29 is 0 Å². The second kappa shape index (κ2) is 3.22. The fourth-order valence-electron chi connectivity index (χ4n) is 0.622. The molecule has 0 spiro atoms. The lowest BCUT2D eigenvalue weighted by molar-refractivity contribution is 1.51. The number of halogens is 3. The highest BCUT2D eigenvalue weighted by atomic mass is 35.6. The summed E-state index contributed by atoms with van der Waals surface area (Å²) in [5.74, 6) is 0. The van der Waals surface area contributed by atoms with Gasteiger partial charge in [0.1, 0.15) is 0 Å². The second-order valence-corrected chi connectivity index (χ2v) is 5.82. The van der Waals surface area contributed by atoms with E-state index in [1.807, 2.05) is 18.7 Å². The van der Waals surface area contributed by atoms with Crippen LogP contribution in [0.15, 0.2) is 11.7 Å². The first-order valence-corrected chi connectivity index (χ1v) is 6.07. The van der Waals surface area contributed by atoms with Gasteiger partial charge in [0.15, 0.2) is 7.71 Å². The average Bonchev–Trinajstić information content (AvgIpc) is 1.93. The Labute approximate surface area is 76.0 Å². The first kappa shape index (κ1) is 8.53. The van der Waals surface area contributed by atoms with Crippen molar-refractivity contribution in [3.63, 3.8) is 0 Å². The minimum Gasteiger partial charge on any atom is -0.132 e. The number of rotatable bonds is 0. The Morgan fingerprint density at radius 2 is 2.00 bits per heavy atom. The molecule has 0 nitrogen and oxygen atoms in total. The zero-order chi connectivity index (χ0) is 7.72. The van der Waals surface area contributed by atoms with Gasteiger partial charge in [0, 0.05) is 0 Å². The van der Waals surface area contributed by atoms with Crippen LogP contribution < -0.4 is 0 Å². The minimum atomic E-state index is -1.17. The fourth-order valence-corrected chi connectivity index (χ4v) is 2.90. The van der Waals surface area contributed by atoms with E-state index >= 15 is 0 Å². The van der Waals surface area contributed by atoms with Gasteiger partial charge in [0.25, 0.3) is 0 Å². The van der Waals surface area contributed by atoms with E-state index in [1.54, 1.807) is 0 Å². The maximum absolute atomic E-state index is 5.85. The highest BCUT2D eigenvalue weighted by Gasteiger charge is 2.04. The Kier molecular flexibility index (Phi) is 2.75. The zero-order valence-corrected chi connectivity index (χ0v) is 8.56. The molecule has 0 amide bonds. The molecule has 0 atom stereocenters. The first-order chi connectivity index (χ1) is 4.63. The predicted octanol–water partition coefficient (Wildman–Crippen LogP) is 3.33. The van der Waals surface area contributed by atoms with Crippen molar-refractivity contribution in [2.24, 2.45) is 0 Å². The largest absolute Gasteiger partial charge is 0.173 e. The van der Waals surface area contributed by atoms with Crippen molar-refractivity contribution in [2.45, 2.75) is 6.92 Å². The molecule has 0 aliphatic rings. The highest BCUT2D eigenvalue weighted by molar-refractivity contribution is 7.06. The molecule has 1 aromatic rings. The number of aryl methyl sites for hydroxylation is 1. The van der Waals surface area contributed by atoms with Gasteiger partial charge < -0.3 is 0 Å². The maximum atomic E-state index is 5.85. The monoisotopic (exact) mass is 210 g/mol. The quantitative estimate of drug-likeness (QED) is 0.456. The Morgan fingerprint density at radius 3 is 2.50 bits per heavy atom. The Balaban J connectivity index is 3.34. The molecule has 1 heterocycles. The van der Waals surface area contributed by atoms with Crippen LogP contribution in [-0.2, 0) is 0 Å². The second-order valence-electron chi connectivity index (χ2n) is 1.99. The molecule has 0 saturated carbocycles. The molecule has 0 radical (unpaired) electrons. The normalized spacial score (nSPS) is 10.0. The smallest absolute Gasteiger partial charge is 0.132 e. The minimum absolute atomic E-state index is 0.619. The van der Waals surface area contributed by atoms with Gasteiger partial charge in [-0.15, -0.1) is 11.1 Å². The number of hydrogen-bond donors (Lipinski definition) is 0. The Hall–Kier alpha value is 0.437. The van der Waals surface area contributed by atoms with E-state index in [4.69, 9.17) is 34.3 Å². The van der Waals surface area contributed by atoms with Gasteiger partial charge in [0.2, 0.25) is 0 Å². The van der Waals surface area contributed by atoms with E-state index in [-0.39, 0.29) is 0 Å². The Morgan fingerprint density at radius 1 is 1.40 bits per heavy atom. The molecule has 0 aliphatic carbocycles. The predicted molar refractivity (Wildman–Crippen MR) is 48.4 cm³/mol. The molecule has 54 valence electrons. The molecule has 0 bridgehead atoms. The van der Waals surface area contributed by atoms with Gasteiger partial charge in [-0.3, -0.25) is 0 Å². The van der Waals surface area contributed by atoms with Crippen molar-refractivity contribution in [3.05, 3.63) is 27.0 Å². The van der Waals surface area contributed by atoms with Gasteiger partial charge in [-0.2, -0.15) is 0 Å². The molecule has 0 unspecified atom stereocenters. The lowest BCUT2D eigenvalue weighted by Gasteiger charge is -1.99. The molecule has 0 N–H and O–H groups in total. The van der Waals surface area contributed by atoms with E-state index in [1.165, 1.54) is 0 Å². The van der Waals surface area contributed by atoms with Crippen LogP contribution in [0.2, 0.25) is 9.66 Å². The van der Waals surface area contributed by atoms with Crippen molar-refractivity contribution in [2.75, 3.05) is 0 Å². The van der Waals surface area contributed by atoms with Crippen LogP contribution in [0, 0.1) is 6.92 Å². The summed E-state index contributed by atoms with van der Waals surface area (Å²) in [4.78, 5) is 0. The van der Waals surface area contributed by atoms with Crippen LogP contribution in [0.5, 0.6) is 0 Å². The van der Waals surface area contributed by atoms with E-state index in [9.17, 15) is 0 Å². The molecule has 0 aliphatic heterocycles.